The molecule has 2 aliphatic heterocycles. The van der Waals surface area contributed by atoms with Gasteiger partial charge in [0, 0.05) is 43.7 Å². The number of halogens is 3. The van der Waals surface area contributed by atoms with Gasteiger partial charge in [0.2, 0.25) is 5.43 Å². The first-order valence-electron chi connectivity index (χ1n) is 12.1. The maximum absolute atomic E-state index is 13.2. The number of carboxylic acids is 1. The predicted molar refractivity (Wildman–Crippen MR) is 133 cm³/mol. The molecule has 0 radical (unpaired) electrons. The molecule has 2 unspecified atom stereocenters. The molecule has 204 valence electrons. The van der Waals surface area contributed by atoms with Gasteiger partial charge in [-0.1, -0.05) is 0 Å². The van der Waals surface area contributed by atoms with Crippen LogP contribution in [0.1, 0.15) is 40.9 Å². The lowest BCUT2D eigenvalue weighted by Crippen LogP contribution is -2.57. The maximum atomic E-state index is 13.2. The van der Waals surface area contributed by atoms with Crippen molar-refractivity contribution in [2.24, 2.45) is 5.92 Å². The number of hydrogen-bond donors (Lipinski definition) is 3. The van der Waals surface area contributed by atoms with E-state index in [0.717, 1.165) is 42.0 Å². The fourth-order valence-electron chi connectivity index (χ4n) is 4.73. The Kier molecular flexibility index (Phi) is 7.15. The van der Waals surface area contributed by atoms with Crippen LogP contribution in [0.15, 0.2) is 22.4 Å². The standard InChI is InChI=1S/C24H26F3N5O5S/c1-12-6-17(31-8-13(9-31)21(34)28-7-14-4-2-3-5-37-14)30-20-18(12)19(33)15(22(35)36)10-32(20)23-29-16(11-38-23)24(25,26)27/h6,10-11,13-14,21,28,34H,2-5,7-9H2,1H3,(H,35,36). The first-order chi connectivity index (χ1) is 18.0. The summed E-state index contributed by atoms with van der Waals surface area (Å²) in [7, 11) is 0. The molecule has 38 heavy (non-hydrogen) atoms. The molecular weight excluding hydrogens is 527 g/mol. The van der Waals surface area contributed by atoms with Crippen LogP contribution in [0, 0.1) is 12.8 Å². The summed E-state index contributed by atoms with van der Waals surface area (Å²) in [4.78, 5) is 34.7. The van der Waals surface area contributed by atoms with Crippen molar-refractivity contribution in [3.63, 3.8) is 0 Å². The lowest BCUT2D eigenvalue weighted by Gasteiger charge is -2.43. The van der Waals surface area contributed by atoms with Gasteiger partial charge in [0.25, 0.3) is 0 Å². The molecule has 0 bridgehead atoms. The van der Waals surface area contributed by atoms with Gasteiger partial charge < -0.3 is 19.8 Å². The molecule has 3 aromatic rings. The average molecular weight is 554 g/mol. The van der Waals surface area contributed by atoms with E-state index in [1.54, 1.807) is 13.0 Å². The Morgan fingerprint density at radius 3 is 2.71 bits per heavy atom. The summed E-state index contributed by atoms with van der Waals surface area (Å²) in [6.07, 6.45) is -1.29. The largest absolute Gasteiger partial charge is 0.477 e. The summed E-state index contributed by atoms with van der Waals surface area (Å²) in [6.45, 7) is 3.82. The number of anilines is 1. The number of fused-ring (bicyclic) bond motifs is 1. The molecule has 5 rings (SSSR count). The number of aryl methyl sites for hydroxylation is 1. The number of nitrogens with one attached hydrogen (secondary N) is 1. The number of pyridine rings is 2. The van der Waals surface area contributed by atoms with Crippen LogP contribution in [0.4, 0.5) is 19.0 Å². The van der Waals surface area contributed by atoms with Crippen molar-refractivity contribution in [2.75, 3.05) is 31.1 Å². The van der Waals surface area contributed by atoms with Crippen molar-refractivity contribution in [3.05, 3.63) is 44.7 Å². The molecule has 0 amide bonds. The summed E-state index contributed by atoms with van der Waals surface area (Å²) in [6, 6.07) is 1.63. The second-order valence-corrected chi connectivity index (χ2v) is 10.4. The van der Waals surface area contributed by atoms with Crippen LogP contribution in [0.5, 0.6) is 0 Å². The number of rotatable bonds is 7. The van der Waals surface area contributed by atoms with Gasteiger partial charge in [-0.05, 0) is 37.8 Å². The zero-order valence-corrected chi connectivity index (χ0v) is 21.2. The monoisotopic (exact) mass is 553 g/mol. The molecular formula is C24H26F3N5O5S. The highest BCUT2D eigenvalue weighted by atomic mass is 32.1. The summed E-state index contributed by atoms with van der Waals surface area (Å²) in [5, 5.41) is 23.9. The molecule has 2 saturated heterocycles. The molecule has 5 heterocycles. The molecule has 0 aliphatic carbocycles. The number of ether oxygens (including phenoxy) is 1. The molecule has 0 spiro atoms. The number of alkyl halides is 3. The third-order valence-electron chi connectivity index (χ3n) is 6.87. The normalized spacial score (nSPS) is 19.5. The van der Waals surface area contributed by atoms with Gasteiger partial charge in [-0.15, -0.1) is 11.3 Å². The Bertz CT molecular complexity index is 1410. The Hall–Kier alpha value is -3.07. The number of hydrogen-bond acceptors (Lipinski definition) is 9. The topological polar surface area (TPSA) is 130 Å². The fraction of sp³-hybridized carbons (Fsp3) is 0.500. The molecule has 2 atom stereocenters. The van der Waals surface area contributed by atoms with Gasteiger partial charge in [0.1, 0.15) is 17.6 Å². The quantitative estimate of drug-likeness (QED) is 0.378. The minimum Gasteiger partial charge on any atom is -0.477 e. The minimum atomic E-state index is -4.68. The van der Waals surface area contributed by atoms with Crippen LogP contribution in [-0.4, -0.2) is 69.3 Å². The van der Waals surface area contributed by atoms with Gasteiger partial charge in [-0.3, -0.25) is 14.7 Å². The lowest BCUT2D eigenvalue weighted by molar-refractivity contribution is -0.140. The van der Waals surface area contributed by atoms with Crippen LogP contribution in [-0.2, 0) is 10.9 Å². The molecule has 0 saturated carbocycles. The molecule has 14 heteroatoms. The molecule has 10 nitrogen and oxygen atoms in total. The van der Waals surface area contributed by atoms with Crippen molar-refractivity contribution in [3.8, 4) is 5.13 Å². The number of carboxylic acid groups (broad SMARTS) is 1. The van der Waals surface area contributed by atoms with Crippen LogP contribution in [0.25, 0.3) is 16.2 Å². The molecule has 2 fully saturated rings. The van der Waals surface area contributed by atoms with Gasteiger partial charge in [-0.25, -0.2) is 14.8 Å². The lowest BCUT2D eigenvalue weighted by atomic mass is 9.97. The molecule has 3 aromatic heterocycles. The van der Waals surface area contributed by atoms with E-state index < -0.39 is 35.1 Å². The Balaban J connectivity index is 1.43. The number of aliphatic hydroxyl groups excluding tert-OH is 1. The highest BCUT2D eigenvalue weighted by Crippen LogP contribution is 2.33. The van der Waals surface area contributed by atoms with Crippen molar-refractivity contribution < 1.29 is 32.9 Å². The first kappa shape index (κ1) is 26.5. The van der Waals surface area contributed by atoms with E-state index in [2.05, 4.69) is 15.3 Å². The second kappa shape index (κ2) is 10.2. The number of aromatic nitrogens is 3. The van der Waals surface area contributed by atoms with E-state index >= 15 is 0 Å². The summed E-state index contributed by atoms with van der Waals surface area (Å²) < 4.78 is 46.4. The van der Waals surface area contributed by atoms with Gasteiger partial charge >= 0.3 is 12.1 Å². The van der Waals surface area contributed by atoms with Crippen molar-refractivity contribution in [1.29, 1.82) is 0 Å². The maximum Gasteiger partial charge on any atom is 0.434 e. The molecule has 2 aliphatic rings. The number of carbonyl (C=O) groups is 1. The smallest absolute Gasteiger partial charge is 0.434 e. The van der Waals surface area contributed by atoms with Crippen molar-refractivity contribution in [1.82, 2.24) is 19.9 Å². The average Bonchev–Trinajstić information content (AvgIpc) is 3.33. The van der Waals surface area contributed by atoms with E-state index in [9.17, 15) is 33.0 Å². The number of aliphatic hydroxyl groups is 1. The number of aromatic carboxylic acids is 1. The second-order valence-electron chi connectivity index (χ2n) is 9.56. The Labute approximate surface area is 218 Å². The summed E-state index contributed by atoms with van der Waals surface area (Å²) >= 11 is 0.664. The highest BCUT2D eigenvalue weighted by molar-refractivity contribution is 7.12. The zero-order chi connectivity index (χ0) is 27.2. The SMILES string of the molecule is Cc1cc(N2CC(C(O)NCC3CCCCO3)C2)nc2c1c(=O)c(C(=O)O)cn2-c1nc(C(F)(F)F)cs1. The van der Waals surface area contributed by atoms with E-state index in [-0.39, 0.29) is 28.2 Å². The summed E-state index contributed by atoms with van der Waals surface area (Å²) in [5.74, 6) is -1.13. The van der Waals surface area contributed by atoms with Gasteiger partial charge in [0.05, 0.1) is 11.5 Å². The number of nitrogens with zero attached hydrogens (tertiary/aromatic N) is 4. The Morgan fingerprint density at radius 1 is 1.32 bits per heavy atom. The summed E-state index contributed by atoms with van der Waals surface area (Å²) in [5.41, 5.74) is -2.07. The fourth-order valence-corrected chi connectivity index (χ4v) is 5.54. The third-order valence-corrected chi connectivity index (χ3v) is 7.71. The van der Waals surface area contributed by atoms with Crippen molar-refractivity contribution in [2.45, 2.75) is 44.7 Å². The van der Waals surface area contributed by atoms with Gasteiger partial charge in [-0.2, -0.15) is 13.2 Å². The van der Waals surface area contributed by atoms with Crippen molar-refractivity contribution >= 4 is 34.2 Å². The zero-order valence-electron chi connectivity index (χ0n) is 20.4. The van der Waals surface area contributed by atoms with E-state index in [1.165, 1.54) is 0 Å². The van der Waals surface area contributed by atoms with Crippen LogP contribution >= 0.6 is 11.3 Å². The highest BCUT2D eigenvalue weighted by Gasteiger charge is 2.36. The molecule has 3 N–H and O–H groups in total. The number of thiazole rings is 1. The van der Waals surface area contributed by atoms with Crippen LogP contribution in [0.3, 0.4) is 0 Å². The minimum absolute atomic E-state index is 0.00893. The van der Waals surface area contributed by atoms with Gasteiger partial charge in [0.15, 0.2) is 16.5 Å². The van der Waals surface area contributed by atoms with E-state index in [4.69, 9.17) is 4.74 Å². The van der Waals surface area contributed by atoms with E-state index in [1.807, 2.05) is 4.90 Å². The Morgan fingerprint density at radius 2 is 2.08 bits per heavy atom. The predicted octanol–water partition coefficient (Wildman–Crippen LogP) is 2.78. The van der Waals surface area contributed by atoms with E-state index in [0.29, 0.717) is 42.4 Å². The third kappa shape index (κ3) is 5.13. The molecule has 0 aromatic carbocycles. The van der Waals surface area contributed by atoms with Crippen LogP contribution in [0.2, 0.25) is 0 Å². The first-order valence-corrected chi connectivity index (χ1v) is 13.0. The van der Waals surface area contributed by atoms with Crippen LogP contribution < -0.4 is 15.6 Å².